The van der Waals surface area contributed by atoms with Gasteiger partial charge < -0.3 is 10.4 Å². The van der Waals surface area contributed by atoms with Crippen LogP contribution in [0.1, 0.15) is 25.3 Å². The van der Waals surface area contributed by atoms with Gasteiger partial charge in [-0.1, -0.05) is 0 Å². The molecule has 0 aliphatic heterocycles. The van der Waals surface area contributed by atoms with Crippen LogP contribution < -0.4 is 5.32 Å². The zero-order valence-electron chi connectivity index (χ0n) is 9.03. The Hall–Kier alpha value is -1.58. The summed E-state index contributed by atoms with van der Waals surface area (Å²) >= 11 is 0. The van der Waals surface area contributed by atoms with Gasteiger partial charge >= 0.3 is 5.97 Å². The second-order valence-electron chi connectivity index (χ2n) is 3.67. The molecule has 1 rings (SSSR count). The number of anilines is 1. The predicted molar refractivity (Wildman–Crippen MR) is 58.9 cm³/mol. The quantitative estimate of drug-likeness (QED) is 0.777. The maximum absolute atomic E-state index is 10.4. The van der Waals surface area contributed by atoms with Crippen LogP contribution in [0.25, 0.3) is 0 Å². The van der Waals surface area contributed by atoms with Gasteiger partial charge in [-0.3, -0.25) is 9.78 Å². The Bertz CT molecular complexity index is 339. The van der Waals surface area contributed by atoms with Crippen molar-refractivity contribution in [1.82, 2.24) is 4.98 Å². The summed E-state index contributed by atoms with van der Waals surface area (Å²) in [4.78, 5) is 14.4. The molecule has 4 heteroatoms. The van der Waals surface area contributed by atoms with Crippen molar-refractivity contribution in [1.29, 1.82) is 0 Å². The van der Waals surface area contributed by atoms with E-state index in [4.69, 9.17) is 5.11 Å². The third-order valence-corrected chi connectivity index (χ3v) is 2.23. The minimum Gasteiger partial charge on any atom is -0.481 e. The van der Waals surface area contributed by atoms with Gasteiger partial charge in [0.25, 0.3) is 0 Å². The van der Waals surface area contributed by atoms with Gasteiger partial charge in [0.15, 0.2) is 0 Å². The van der Waals surface area contributed by atoms with Crippen LogP contribution in [0.15, 0.2) is 18.5 Å². The van der Waals surface area contributed by atoms with Gasteiger partial charge in [-0.15, -0.1) is 0 Å². The predicted octanol–water partition coefficient (Wildman–Crippen LogP) is 2.06. The van der Waals surface area contributed by atoms with Crippen LogP contribution in [0.4, 0.5) is 5.69 Å². The molecular weight excluding hydrogens is 192 g/mol. The van der Waals surface area contributed by atoms with Crippen molar-refractivity contribution < 1.29 is 9.90 Å². The van der Waals surface area contributed by atoms with E-state index < -0.39 is 5.97 Å². The number of rotatable bonds is 5. The molecule has 15 heavy (non-hydrogen) atoms. The highest BCUT2D eigenvalue weighted by Crippen LogP contribution is 2.14. The smallest absolute Gasteiger partial charge is 0.303 e. The zero-order valence-corrected chi connectivity index (χ0v) is 9.03. The van der Waals surface area contributed by atoms with Crippen molar-refractivity contribution >= 4 is 11.7 Å². The van der Waals surface area contributed by atoms with Crippen LogP contribution in [0.3, 0.4) is 0 Å². The van der Waals surface area contributed by atoms with E-state index in [9.17, 15) is 4.79 Å². The van der Waals surface area contributed by atoms with Crippen LogP contribution in [0, 0.1) is 6.92 Å². The summed E-state index contributed by atoms with van der Waals surface area (Å²) in [5.41, 5.74) is 2.09. The van der Waals surface area contributed by atoms with Gasteiger partial charge in [-0.25, -0.2) is 0 Å². The number of carboxylic acids is 1. The molecule has 2 N–H and O–H groups in total. The van der Waals surface area contributed by atoms with E-state index >= 15 is 0 Å². The fourth-order valence-corrected chi connectivity index (χ4v) is 1.29. The first-order chi connectivity index (χ1) is 7.09. The van der Waals surface area contributed by atoms with Crippen LogP contribution in [-0.4, -0.2) is 22.1 Å². The number of nitrogens with zero attached hydrogens (tertiary/aromatic N) is 1. The average Bonchev–Trinajstić information content (AvgIpc) is 2.18. The zero-order chi connectivity index (χ0) is 11.3. The normalized spacial score (nSPS) is 12.1. The Kier molecular flexibility index (Phi) is 4.09. The lowest BCUT2D eigenvalue weighted by molar-refractivity contribution is -0.137. The van der Waals surface area contributed by atoms with E-state index in [-0.39, 0.29) is 12.5 Å². The van der Waals surface area contributed by atoms with Crippen molar-refractivity contribution in [3.63, 3.8) is 0 Å². The van der Waals surface area contributed by atoms with E-state index in [0.29, 0.717) is 6.42 Å². The molecule has 0 spiro atoms. The molecule has 0 saturated carbocycles. The number of carboxylic acid groups (broad SMARTS) is 1. The molecule has 1 aromatic rings. The summed E-state index contributed by atoms with van der Waals surface area (Å²) in [5, 5.41) is 11.8. The molecule has 0 saturated heterocycles. The molecule has 0 aliphatic carbocycles. The van der Waals surface area contributed by atoms with Gasteiger partial charge in [-0.2, -0.15) is 0 Å². The molecular formula is C11H16N2O2. The third kappa shape index (κ3) is 3.97. The lowest BCUT2D eigenvalue weighted by Gasteiger charge is -2.15. The number of pyridine rings is 1. The van der Waals surface area contributed by atoms with Gasteiger partial charge in [0.05, 0.1) is 11.9 Å². The first-order valence-corrected chi connectivity index (χ1v) is 4.98. The van der Waals surface area contributed by atoms with Gasteiger partial charge in [0, 0.05) is 18.7 Å². The van der Waals surface area contributed by atoms with E-state index in [1.54, 1.807) is 12.4 Å². The number of aromatic nitrogens is 1. The number of hydrogen-bond acceptors (Lipinski definition) is 3. The lowest BCUT2D eigenvalue weighted by Crippen LogP contribution is -2.17. The Morgan fingerprint density at radius 1 is 1.67 bits per heavy atom. The molecule has 0 fully saturated rings. The van der Waals surface area contributed by atoms with Crippen molar-refractivity contribution in [2.75, 3.05) is 5.32 Å². The summed E-state index contributed by atoms with van der Waals surface area (Å²) in [6, 6.07) is 2.07. The Labute approximate surface area is 89.3 Å². The summed E-state index contributed by atoms with van der Waals surface area (Å²) in [5.74, 6) is -0.758. The van der Waals surface area contributed by atoms with Crippen molar-refractivity contribution in [2.45, 2.75) is 32.7 Å². The molecule has 1 atom stereocenters. The van der Waals surface area contributed by atoms with E-state index in [1.165, 1.54) is 0 Å². The highest BCUT2D eigenvalue weighted by atomic mass is 16.4. The minimum atomic E-state index is -0.758. The van der Waals surface area contributed by atoms with Crippen LogP contribution in [-0.2, 0) is 4.79 Å². The molecule has 1 aromatic heterocycles. The molecule has 0 amide bonds. The minimum absolute atomic E-state index is 0.143. The second-order valence-corrected chi connectivity index (χ2v) is 3.67. The van der Waals surface area contributed by atoms with Crippen LogP contribution in [0.2, 0.25) is 0 Å². The first kappa shape index (κ1) is 11.5. The topological polar surface area (TPSA) is 62.2 Å². The summed E-state index contributed by atoms with van der Waals surface area (Å²) in [6.45, 7) is 3.96. The summed E-state index contributed by atoms with van der Waals surface area (Å²) in [6.07, 6.45) is 4.30. The molecule has 1 heterocycles. The largest absolute Gasteiger partial charge is 0.481 e. The third-order valence-electron chi connectivity index (χ3n) is 2.23. The Balaban J connectivity index is 2.47. The molecule has 0 aromatic carbocycles. The monoisotopic (exact) mass is 208 g/mol. The molecule has 82 valence electrons. The highest BCUT2D eigenvalue weighted by Gasteiger charge is 2.06. The van der Waals surface area contributed by atoms with Crippen molar-refractivity contribution in [3.8, 4) is 0 Å². The second kappa shape index (κ2) is 5.34. The highest BCUT2D eigenvalue weighted by molar-refractivity contribution is 5.66. The summed E-state index contributed by atoms with van der Waals surface area (Å²) in [7, 11) is 0. The Morgan fingerprint density at radius 2 is 2.40 bits per heavy atom. The maximum Gasteiger partial charge on any atom is 0.303 e. The lowest BCUT2D eigenvalue weighted by atomic mass is 10.1. The number of carbonyl (C=O) groups is 1. The van der Waals surface area contributed by atoms with Gasteiger partial charge in [0.2, 0.25) is 0 Å². The average molecular weight is 208 g/mol. The SMILES string of the molecule is Cc1ccncc1NC(C)CCC(=O)O. The summed E-state index contributed by atoms with van der Waals surface area (Å²) < 4.78 is 0. The van der Waals surface area contributed by atoms with Crippen LogP contribution in [0.5, 0.6) is 0 Å². The standard InChI is InChI=1S/C11H16N2O2/c1-8-5-6-12-7-10(8)13-9(2)3-4-11(14)15/h5-7,9,13H,3-4H2,1-2H3,(H,14,15). The molecule has 1 unspecified atom stereocenters. The van der Waals surface area contributed by atoms with E-state index in [1.807, 2.05) is 19.9 Å². The molecule has 0 aliphatic rings. The van der Waals surface area contributed by atoms with E-state index in [0.717, 1.165) is 11.3 Å². The number of aryl methyl sites for hydroxylation is 1. The first-order valence-electron chi connectivity index (χ1n) is 4.98. The fraction of sp³-hybridized carbons (Fsp3) is 0.455. The maximum atomic E-state index is 10.4. The fourth-order valence-electron chi connectivity index (χ4n) is 1.29. The van der Waals surface area contributed by atoms with Gasteiger partial charge in [0.1, 0.15) is 0 Å². The van der Waals surface area contributed by atoms with Crippen LogP contribution >= 0.6 is 0 Å². The number of hydrogen-bond donors (Lipinski definition) is 2. The number of nitrogens with one attached hydrogen (secondary N) is 1. The van der Waals surface area contributed by atoms with Crippen molar-refractivity contribution in [3.05, 3.63) is 24.0 Å². The molecule has 4 nitrogen and oxygen atoms in total. The molecule has 0 bridgehead atoms. The van der Waals surface area contributed by atoms with E-state index in [2.05, 4.69) is 10.3 Å². The Morgan fingerprint density at radius 3 is 3.00 bits per heavy atom. The number of aliphatic carboxylic acids is 1. The van der Waals surface area contributed by atoms with Crippen molar-refractivity contribution in [2.24, 2.45) is 0 Å². The molecule has 0 radical (unpaired) electrons. The van der Waals surface area contributed by atoms with Gasteiger partial charge in [-0.05, 0) is 31.9 Å².